The molecule has 0 aromatic heterocycles. The van der Waals surface area contributed by atoms with Gasteiger partial charge in [-0.1, -0.05) is 169 Å². The number of hydrogen-bond acceptors (Lipinski definition) is 3. The van der Waals surface area contributed by atoms with E-state index in [1.165, 1.54) is 0 Å². The molecule has 0 saturated heterocycles. The first-order chi connectivity index (χ1) is 22.6. The molecule has 0 aliphatic carbocycles. The van der Waals surface area contributed by atoms with Crippen LogP contribution in [0.2, 0.25) is 10.0 Å². The molecule has 5 heteroatoms. The van der Waals surface area contributed by atoms with Gasteiger partial charge in [0, 0.05) is 10.0 Å². The molecule has 230 valence electrons. The molecule has 0 amide bonds. The fraction of sp³-hybridized carbons (Fsp3) is 0.122. The molecule has 0 bridgehead atoms. The summed E-state index contributed by atoms with van der Waals surface area (Å²) in [4.78, 5) is 0. The Hall–Kier alpha value is -4.22. The smallest absolute Gasteiger partial charge is 0.183 e. The average molecular weight is 646 g/mol. The largest absolute Gasteiger partial charge is 0.364 e. The van der Waals surface area contributed by atoms with Crippen molar-refractivity contribution >= 4 is 23.2 Å². The molecular weight excluding hydrogens is 611 g/mol. The third kappa shape index (κ3) is 8.32. The zero-order valence-electron chi connectivity index (χ0n) is 25.2. The van der Waals surface area contributed by atoms with Gasteiger partial charge in [0.1, 0.15) is 18.3 Å². The molecule has 3 unspecified atom stereocenters. The highest BCUT2D eigenvalue weighted by molar-refractivity contribution is 6.30. The lowest BCUT2D eigenvalue weighted by molar-refractivity contribution is -0.211. The van der Waals surface area contributed by atoms with Gasteiger partial charge in [-0.15, -0.1) is 0 Å². The van der Waals surface area contributed by atoms with Crippen molar-refractivity contribution in [3.8, 4) is 0 Å². The van der Waals surface area contributed by atoms with E-state index in [1.807, 2.05) is 121 Å². The van der Waals surface area contributed by atoms with Gasteiger partial charge in [-0.2, -0.15) is 0 Å². The van der Waals surface area contributed by atoms with Gasteiger partial charge >= 0.3 is 0 Å². The molecule has 0 aliphatic heterocycles. The first-order valence-electron chi connectivity index (χ1n) is 15.3. The van der Waals surface area contributed by atoms with E-state index in [2.05, 4.69) is 48.5 Å². The van der Waals surface area contributed by atoms with Crippen LogP contribution in [-0.4, -0.2) is 12.9 Å². The number of benzene rings is 6. The van der Waals surface area contributed by atoms with Gasteiger partial charge in [-0.25, -0.2) is 0 Å². The maximum Gasteiger partial charge on any atom is 0.183 e. The van der Waals surface area contributed by atoms with Crippen molar-refractivity contribution in [1.82, 2.24) is 0 Å². The van der Waals surface area contributed by atoms with E-state index in [9.17, 15) is 0 Å². The van der Waals surface area contributed by atoms with E-state index in [-0.39, 0.29) is 12.7 Å². The molecule has 0 N–H and O–H groups in total. The molecule has 3 nitrogen and oxygen atoms in total. The zero-order valence-corrected chi connectivity index (χ0v) is 26.7. The Kier molecular flexibility index (Phi) is 10.9. The summed E-state index contributed by atoms with van der Waals surface area (Å²) in [5.74, 6) is 0. The number of ether oxygens (including phenoxy) is 3. The minimum absolute atomic E-state index is 0.148. The second-order valence-electron chi connectivity index (χ2n) is 10.9. The number of rotatable bonds is 13. The summed E-state index contributed by atoms with van der Waals surface area (Å²) >= 11 is 12.5. The van der Waals surface area contributed by atoms with Crippen LogP contribution in [0, 0.1) is 0 Å². The van der Waals surface area contributed by atoms with Crippen LogP contribution in [-0.2, 0) is 14.2 Å². The average Bonchev–Trinajstić information content (AvgIpc) is 3.12. The Morgan fingerprint density at radius 1 is 0.348 bits per heavy atom. The Morgan fingerprint density at radius 2 is 0.630 bits per heavy atom. The molecule has 6 aromatic carbocycles. The third-order valence-corrected chi connectivity index (χ3v) is 8.23. The van der Waals surface area contributed by atoms with Crippen molar-refractivity contribution in [3.63, 3.8) is 0 Å². The summed E-state index contributed by atoms with van der Waals surface area (Å²) in [6, 6.07) is 56.2. The van der Waals surface area contributed by atoms with E-state index in [0.717, 1.165) is 33.4 Å². The van der Waals surface area contributed by atoms with E-state index in [4.69, 9.17) is 37.4 Å². The van der Waals surface area contributed by atoms with Gasteiger partial charge in [-0.05, 0) is 57.6 Å². The minimum atomic E-state index is -0.773. The minimum Gasteiger partial charge on any atom is -0.364 e. The molecule has 6 rings (SSSR count). The molecule has 0 aliphatic rings. The highest BCUT2D eigenvalue weighted by atomic mass is 35.5. The summed E-state index contributed by atoms with van der Waals surface area (Å²) in [5.41, 5.74) is 5.98. The Labute approximate surface area is 280 Å². The fourth-order valence-electron chi connectivity index (χ4n) is 5.46. The molecule has 6 aromatic rings. The van der Waals surface area contributed by atoms with E-state index < -0.39 is 18.5 Å². The molecule has 0 saturated carbocycles. The van der Waals surface area contributed by atoms with Crippen LogP contribution in [0.5, 0.6) is 0 Å². The summed E-state index contributed by atoms with van der Waals surface area (Å²) in [6.45, 7) is 0.148. The van der Waals surface area contributed by atoms with Crippen molar-refractivity contribution in [2.45, 2.75) is 24.6 Å². The van der Waals surface area contributed by atoms with Gasteiger partial charge in [0.2, 0.25) is 0 Å². The van der Waals surface area contributed by atoms with Gasteiger partial charge in [0.05, 0.1) is 6.61 Å². The molecule has 0 spiro atoms. The predicted molar refractivity (Wildman–Crippen MR) is 186 cm³/mol. The van der Waals surface area contributed by atoms with Crippen LogP contribution in [0.15, 0.2) is 170 Å². The van der Waals surface area contributed by atoms with E-state index in [0.29, 0.717) is 10.0 Å². The van der Waals surface area contributed by atoms with Gasteiger partial charge in [0.25, 0.3) is 0 Å². The second kappa shape index (κ2) is 15.9. The van der Waals surface area contributed by atoms with Crippen LogP contribution in [0.1, 0.15) is 51.7 Å². The normalized spacial score (nSPS) is 13.3. The molecule has 46 heavy (non-hydrogen) atoms. The quantitative estimate of drug-likeness (QED) is 0.117. The lowest BCUT2D eigenvalue weighted by atomic mass is 10.0. The lowest BCUT2D eigenvalue weighted by Crippen LogP contribution is -2.29. The standard InChI is InChI=1S/C41H34Cl2O3/c42-36-25-21-34(22-26-36)39(30-13-5-1-6-14-30)44-29-38(45-40(31-15-7-2-8-16-31)32-17-9-3-10-18-32)46-41(33-19-11-4-12-20-33)35-23-27-37(43)28-24-35/h1-28,38-41H,29H2. The summed E-state index contributed by atoms with van der Waals surface area (Å²) < 4.78 is 20.7. The predicted octanol–water partition coefficient (Wildman–Crippen LogP) is 11.0. The first-order valence-corrected chi connectivity index (χ1v) is 16.0. The van der Waals surface area contributed by atoms with Crippen LogP contribution in [0.3, 0.4) is 0 Å². The van der Waals surface area contributed by atoms with Crippen molar-refractivity contribution < 1.29 is 14.2 Å². The highest BCUT2D eigenvalue weighted by Crippen LogP contribution is 2.34. The Morgan fingerprint density at radius 3 is 0.978 bits per heavy atom. The molecule has 3 atom stereocenters. The van der Waals surface area contributed by atoms with Crippen molar-refractivity contribution in [2.24, 2.45) is 0 Å². The van der Waals surface area contributed by atoms with Crippen molar-refractivity contribution in [2.75, 3.05) is 6.61 Å². The molecule has 0 radical (unpaired) electrons. The van der Waals surface area contributed by atoms with Crippen LogP contribution in [0.25, 0.3) is 0 Å². The Balaban J connectivity index is 1.38. The number of hydrogen-bond donors (Lipinski definition) is 0. The summed E-state index contributed by atoms with van der Waals surface area (Å²) in [5, 5.41) is 1.33. The molecular formula is C41H34Cl2O3. The topological polar surface area (TPSA) is 27.7 Å². The maximum atomic E-state index is 6.97. The third-order valence-electron chi connectivity index (χ3n) is 7.73. The van der Waals surface area contributed by atoms with Gasteiger partial charge in [0.15, 0.2) is 6.29 Å². The number of halogens is 2. The molecule has 0 heterocycles. The Bertz CT molecular complexity index is 1710. The summed E-state index contributed by atoms with van der Waals surface area (Å²) in [6.07, 6.45) is -1.98. The van der Waals surface area contributed by atoms with Crippen LogP contribution in [0.4, 0.5) is 0 Å². The molecule has 0 fully saturated rings. The fourth-order valence-corrected chi connectivity index (χ4v) is 5.71. The summed E-state index contributed by atoms with van der Waals surface area (Å²) in [7, 11) is 0. The monoisotopic (exact) mass is 644 g/mol. The zero-order chi connectivity index (χ0) is 31.6. The van der Waals surface area contributed by atoms with Gasteiger partial charge < -0.3 is 14.2 Å². The maximum absolute atomic E-state index is 6.97. The van der Waals surface area contributed by atoms with Gasteiger partial charge in [-0.3, -0.25) is 0 Å². The second-order valence-corrected chi connectivity index (χ2v) is 11.8. The highest BCUT2D eigenvalue weighted by Gasteiger charge is 2.28. The van der Waals surface area contributed by atoms with E-state index >= 15 is 0 Å². The van der Waals surface area contributed by atoms with Crippen molar-refractivity contribution in [1.29, 1.82) is 0 Å². The SMILES string of the molecule is Clc1ccc(C(OCC(OC(c2ccccc2)c2ccccc2)OC(c2ccccc2)c2ccc(Cl)cc2)c2ccccc2)cc1. The van der Waals surface area contributed by atoms with Crippen LogP contribution >= 0.6 is 23.2 Å². The lowest BCUT2D eigenvalue weighted by Gasteiger charge is -2.31. The van der Waals surface area contributed by atoms with Crippen molar-refractivity contribution in [3.05, 3.63) is 213 Å². The first kappa shape index (κ1) is 31.7. The van der Waals surface area contributed by atoms with Crippen LogP contribution < -0.4 is 0 Å². The van der Waals surface area contributed by atoms with E-state index in [1.54, 1.807) is 0 Å².